The van der Waals surface area contributed by atoms with Crippen LogP contribution in [0.25, 0.3) is 0 Å². The van der Waals surface area contributed by atoms with Crippen LogP contribution in [0.15, 0.2) is 12.2 Å². The van der Waals surface area contributed by atoms with Gasteiger partial charge in [-0.3, -0.25) is 0 Å². The Morgan fingerprint density at radius 2 is 1.50 bits per heavy atom. The maximum absolute atomic E-state index is 11.8. The minimum atomic E-state index is -0.188. The fourth-order valence-electron chi connectivity index (χ4n) is 2.50. The molecule has 0 atom stereocenters. The Balaban J connectivity index is 3.41. The topological polar surface area (TPSA) is 26.3 Å². The molecule has 0 spiro atoms. The summed E-state index contributed by atoms with van der Waals surface area (Å²) in [5.41, 5.74) is 0.648. The number of hydrogen-bond acceptors (Lipinski definition) is 2. The Morgan fingerprint density at radius 3 is 2.09 bits per heavy atom. The van der Waals surface area contributed by atoms with E-state index in [1.165, 1.54) is 51.4 Å². The van der Waals surface area contributed by atoms with Crippen molar-refractivity contribution in [3.8, 4) is 0 Å². The van der Waals surface area contributed by atoms with E-state index in [4.69, 9.17) is 4.74 Å². The summed E-state index contributed by atoms with van der Waals surface area (Å²) in [4.78, 5) is 11.8. The quantitative estimate of drug-likeness (QED) is 0.197. The SMILES string of the molecule is C=C(CCCCCCCCCC)C(=O)OCCCCC(C)C. The Morgan fingerprint density at radius 1 is 0.909 bits per heavy atom. The Hall–Kier alpha value is -0.790. The molecule has 0 unspecified atom stereocenters. The van der Waals surface area contributed by atoms with E-state index in [0.29, 0.717) is 12.2 Å². The minimum Gasteiger partial charge on any atom is -0.462 e. The summed E-state index contributed by atoms with van der Waals surface area (Å²) in [5.74, 6) is 0.542. The van der Waals surface area contributed by atoms with E-state index in [2.05, 4.69) is 27.4 Å². The van der Waals surface area contributed by atoms with Crippen LogP contribution < -0.4 is 0 Å². The Labute approximate surface area is 138 Å². The van der Waals surface area contributed by atoms with E-state index in [1.807, 2.05) is 0 Å². The summed E-state index contributed by atoms with van der Waals surface area (Å²) in [6, 6.07) is 0. The molecular weight excluding hydrogens is 272 g/mol. The third kappa shape index (κ3) is 14.2. The summed E-state index contributed by atoms with van der Waals surface area (Å²) >= 11 is 0. The van der Waals surface area contributed by atoms with Crippen molar-refractivity contribution >= 4 is 5.97 Å². The molecule has 0 rings (SSSR count). The zero-order valence-electron chi connectivity index (χ0n) is 15.3. The van der Waals surface area contributed by atoms with Crippen LogP contribution in [0.1, 0.15) is 97.8 Å². The first-order valence-electron chi connectivity index (χ1n) is 9.42. The molecule has 2 heteroatoms. The van der Waals surface area contributed by atoms with Crippen molar-refractivity contribution in [2.45, 2.75) is 97.8 Å². The van der Waals surface area contributed by atoms with Gasteiger partial charge in [0.15, 0.2) is 0 Å². The van der Waals surface area contributed by atoms with Crippen molar-refractivity contribution in [1.29, 1.82) is 0 Å². The van der Waals surface area contributed by atoms with Gasteiger partial charge in [0.2, 0.25) is 0 Å². The highest BCUT2D eigenvalue weighted by Crippen LogP contribution is 2.13. The Kier molecular flexibility index (Phi) is 14.6. The maximum atomic E-state index is 11.8. The van der Waals surface area contributed by atoms with Gasteiger partial charge in [0, 0.05) is 5.57 Å². The van der Waals surface area contributed by atoms with Crippen LogP contribution in [0, 0.1) is 5.92 Å². The van der Waals surface area contributed by atoms with Crippen LogP contribution in [-0.2, 0) is 9.53 Å². The molecule has 0 aromatic carbocycles. The molecule has 130 valence electrons. The third-order valence-corrected chi connectivity index (χ3v) is 4.03. The highest BCUT2D eigenvalue weighted by molar-refractivity contribution is 5.87. The fraction of sp³-hybridized carbons (Fsp3) is 0.850. The highest BCUT2D eigenvalue weighted by Gasteiger charge is 2.08. The maximum Gasteiger partial charge on any atom is 0.333 e. The van der Waals surface area contributed by atoms with E-state index in [1.54, 1.807) is 0 Å². The standard InChI is InChI=1S/C20H38O2/c1-5-6-7-8-9-10-11-12-16-19(4)20(21)22-17-14-13-15-18(2)3/h18H,4-17H2,1-3H3. The molecule has 22 heavy (non-hydrogen) atoms. The molecular formula is C20H38O2. The molecule has 0 N–H and O–H groups in total. The largest absolute Gasteiger partial charge is 0.462 e. The van der Waals surface area contributed by atoms with Crippen LogP contribution in [0.3, 0.4) is 0 Å². The van der Waals surface area contributed by atoms with Crippen LogP contribution >= 0.6 is 0 Å². The number of hydrogen-bond donors (Lipinski definition) is 0. The normalized spacial score (nSPS) is 10.9. The second kappa shape index (κ2) is 15.1. The highest BCUT2D eigenvalue weighted by atomic mass is 16.5. The first-order chi connectivity index (χ1) is 10.6. The van der Waals surface area contributed by atoms with Crippen molar-refractivity contribution in [2.75, 3.05) is 6.61 Å². The average molecular weight is 311 g/mol. The van der Waals surface area contributed by atoms with Crippen molar-refractivity contribution in [1.82, 2.24) is 0 Å². The number of ether oxygens (including phenoxy) is 1. The third-order valence-electron chi connectivity index (χ3n) is 4.03. The number of esters is 1. The number of carbonyl (C=O) groups is 1. The van der Waals surface area contributed by atoms with Crippen molar-refractivity contribution < 1.29 is 9.53 Å². The van der Waals surface area contributed by atoms with E-state index < -0.39 is 0 Å². The van der Waals surface area contributed by atoms with Gasteiger partial charge < -0.3 is 4.74 Å². The fourth-order valence-corrected chi connectivity index (χ4v) is 2.50. The van der Waals surface area contributed by atoms with Gasteiger partial charge in [0.1, 0.15) is 0 Å². The van der Waals surface area contributed by atoms with Gasteiger partial charge in [-0.05, 0) is 31.6 Å². The first-order valence-corrected chi connectivity index (χ1v) is 9.42. The smallest absolute Gasteiger partial charge is 0.333 e. The zero-order valence-corrected chi connectivity index (χ0v) is 15.3. The summed E-state index contributed by atoms with van der Waals surface area (Å²) in [6.07, 6.45) is 14.4. The van der Waals surface area contributed by atoms with Crippen LogP contribution in [-0.4, -0.2) is 12.6 Å². The van der Waals surface area contributed by atoms with Gasteiger partial charge in [0.25, 0.3) is 0 Å². The first kappa shape index (κ1) is 21.2. The van der Waals surface area contributed by atoms with Gasteiger partial charge in [-0.25, -0.2) is 4.79 Å². The monoisotopic (exact) mass is 310 g/mol. The van der Waals surface area contributed by atoms with E-state index >= 15 is 0 Å². The summed E-state index contributed by atoms with van der Waals surface area (Å²) in [6.45, 7) is 11.1. The van der Waals surface area contributed by atoms with Crippen molar-refractivity contribution in [3.05, 3.63) is 12.2 Å². The van der Waals surface area contributed by atoms with Gasteiger partial charge in [-0.1, -0.05) is 78.7 Å². The molecule has 0 fully saturated rings. The number of carbonyl (C=O) groups excluding carboxylic acids is 1. The lowest BCUT2D eigenvalue weighted by Gasteiger charge is -2.08. The molecule has 0 saturated heterocycles. The van der Waals surface area contributed by atoms with E-state index in [0.717, 1.165) is 31.6 Å². The van der Waals surface area contributed by atoms with Crippen LogP contribution in [0.4, 0.5) is 0 Å². The lowest BCUT2D eigenvalue weighted by molar-refractivity contribution is -0.139. The van der Waals surface area contributed by atoms with Crippen molar-refractivity contribution in [3.63, 3.8) is 0 Å². The molecule has 0 saturated carbocycles. The van der Waals surface area contributed by atoms with Crippen LogP contribution in [0.5, 0.6) is 0 Å². The minimum absolute atomic E-state index is 0.188. The van der Waals surface area contributed by atoms with E-state index in [9.17, 15) is 4.79 Å². The second-order valence-electron chi connectivity index (χ2n) is 6.85. The predicted octanol–water partition coefficient (Wildman–Crippen LogP) is 6.44. The van der Waals surface area contributed by atoms with Crippen molar-refractivity contribution in [2.24, 2.45) is 5.92 Å². The number of rotatable bonds is 15. The molecule has 0 aromatic heterocycles. The molecule has 2 nitrogen and oxygen atoms in total. The molecule has 0 aliphatic carbocycles. The molecule has 0 bridgehead atoms. The predicted molar refractivity (Wildman–Crippen MR) is 96.0 cm³/mol. The summed E-state index contributed by atoms with van der Waals surface area (Å²) in [7, 11) is 0. The second-order valence-corrected chi connectivity index (χ2v) is 6.85. The summed E-state index contributed by atoms with van der Waals surface area (Å²) < 4.78 is 5.27. The number of unbranched alkanes of at least 4 members (excludes halogenated alkanes) is 8. The van der Waals surface area contributed by atoms with Gasteiger partial charge in [-0.2, -0.15) is 0 Å². The van der Waals surface area contributed by atoms with Gasteiger partial charge >= 0.3 is 5.97 Å². The molecule has 0 aliphatic rings. The molecule has 0 radical (unpaired) electrons. The lowest BCUT2D eigenvalue weighted by atomic mass is 10.0. The van der Waals surface area contributed by atoms with Gasteiger partial charge in [-0.15, -0.1) is 0 Å². The van der Waals surface area contributed by atoms with Gasteiger partial charge in [0.05, 0.1) is 6.61 Å². The summed E-state index contributed by atoms with van der Waals surface area (Å²) in [5, 5.41) is 0. The molecule has 0 amide bonds. The average Bonchev–Trinajstić information content (AvgIpc) is 2.48. The molecule has 0 aliphatic heterocycles. The Bertz CT molecular complexity index is 281. The van der Waals surface area contributed by atoms with E-state index in [-0.39, 0.29) is 5.97 Å². The lowest BCUT2D eigenvalue weighted by Crippen LogP contribution is -2.08. The molecule has 0 aromatic rings. The zero-order chi connectivity index (χ0) is 16.6. The van der Waals surface area contributed by atoms with Crippen LogP contribution in [0.2, 0.25) is 0 Å². The molecule has 0 heterocycles.